The number of ether oxygens (including phenoxy) is 1. The summed E-state index contributed by atoms with van der Waals surface area (Å²) in [7, 11) is 1.65. The summed E-state index contributed by atoms with van der Waals surface area (Å²) in [6, 6.07) is 5.80. The largest absolute Gasteiger partial charge is 0.496 e. The second-order valence-corrected chi connectivity index (χ2v) is 3.61. The minimum Gasteiger partial charge on any atom is -0.496 e. The van der Waals surface area contributed by atoms with Gasteiger partial charge in [0.1, 0.15) is 5.75 Å². The zero-order chi connectivity index (χ0) is 11.5. The number of oxime groups is 1. The lowest BCUT2D eigenvalue weighted by Gasteiger charge is -2.05. The molecule has 1 aliphatic carbocycles. The zero-order valence-electron chi connectivity index (χ0n) is 9.32. The Morgan fingerprint density at radius 1 is 1.38 bits per heavy atom. The van der Waals surface area contributed by atoms with Crippen LogP contribution >= 0.6 is 0 Å². The molecule has 16 heavy (non-hydrogen) atoms. The number of carbonyl (C=O) groups is 1. The van der Waals surface area contributed by atoms with Gasteiger partial charge in [-0.25, -0.2) is 4.79 Å². The van der Waals surface area contributed by atoms with Crippen LogP contribution in [-0.4, -0.2) is 18.8 Å². The van der Waals surface area contributed by atoms with Gasteiger partial charge < -0.3 is 9.57 Å². The average molecular weight is 219 g/mol. The Morgan fingerprint density at radius 2 is 2.19 bits per heavy atom. The first-order valence-electron chi connectivity index (χ1n) is 5.13. The van der Waals surface area contributed by atoms with Crippen LogP contribution in [0.3, 0.4) is 0 Å². The summed E-state index contributed by atoms with van der Waals surface area (Å²) in [5.74, 6) is 0.467. The number of hydrogen-bond donors (Lipinski definition) is 0. The Bertz CT molecular complexity index is 452. The van der Waals surface area contributed by atoms with Crippen molar-refractivity contribution in [1.82, 2.24) is 0 Å². The van der Waals surface area contributed by atoms with Crippen molar-refractivity contribution in [2.75, 3.05) is 7.11 Å². The van der Waals surface area contributed by atoms with E-state index in [1.807, 2.05) is 18.2 Å². The quantitative estimate of drug-likeness (QED) is 0.564. The Kier molecular flexibility index (Phi) is 2.90. The summed E-state index contributed by atoms with van der Waals surface area (Å²) in [5, 5.41) is 3.85. The molecule has 2 rings (SSSR count). The van der Waals surface area contributed by atoms with E-state index in [1.165, 1.54) is 6.92 Å². The minimum atomic E-state index is -0.399. The number of carbonyl (C=O) groups excluding carboxylic acids is 1. The Morgan fingerprint density at radius 3 is 2.88 bits per heavy atom. The fraction of sp³-hybridized carbons (Fsp3) is 0.333. The number of methoxy groups -OCH3 is 1. The molecule has 0 aromatic heterocycles. The highest BCUT2D eigenvalue weighted by Gasteiger charge is 2.21. The molecule has 0 N–H and O–H groups in total. The van der Waals surface area contributed by atoms with Crippen LogP contribution in [0.2, 0.25) is 0 Å². The van der Waals surface area contributed by atoms with E-state index in [0.717, 1.165) is 35.4 Å². The topological polar surface area (TPSA) is 47.9 Å². The third-order valence-corrected chi connectivity index (χ3v) is 2.56. The molecule has 0 bridgehead atoms. The van der Waals surface area contributed by atoms with Gasteiger partial charge in [-0.1, -0.05) is 17.3 Å². The van der Waals surface area contributed by atoms with Gasteiger partial charge in [-0.2, -0.15) is 0 Å². The second kappa shape index (κ2) is 4.35. The third-order valence-electron chi connectivity index (χ3n) is 2.56. The van der Waals surface area contributed by atoms with Crippen molar-refractivity contribution in [3.8, 4) is 5.75 Å². The molecule has 1 aromatic rings. The van der Waals surface area contributed by atoms with Crippen molar-refractivity contribution in [2.45, 2.75) is 19.8 Å². The number of hydrogen-bond acceptors (Lipinski definition) is 4. The molecular weight excluding hydrogens is 206 g/mol. The molecule has 4 heteroatoms. The maximum absolute atomic E-state index is 10.7. The molecule has 0 amide bonds. The van der Waals surface area contributed by atoms with Gasteiger partial charge in [-0.05, 0) is 18.9 Å². The molecule has 1 aromatic carbocycles. The van der Waals surface area contributed by atoms with Crippen LogP contribution in [0, 0.1) is 0 Å². The van der Waals surface area contributed by atoms with E-state index in [9.17, 15) is 4.79 Å². The fourth-order valence-electron chi connectivity index (χ4n) is 1.88. The minimum absolute atomic E-state index is 0.399. The third kappa shape index (κ3) is 1.91. The summed E-state index contributed by atoms with van der Waals surface area (Å²) in [6.07, 6.45) is 1.66. The maximum atomic E-state index is 10.7. The SMILES string of the molecule is COc1cccc2c1CCC2=NOC(C)=O. The monoisotopic (exact) mass is 219 g/mol. The molecule has 0 heterocycles. The molecule has 0 unspecified atom stereocenters. The average Bonchev–Trinajstić information content (AvgIpc) is 2.69. The molecule has 0 saturated carbocycles. The molecule has 1 aliphatic rings. The molecule has 0 atom stereocenters. The van der Waals surface area contributed by atoms with Gasteiger partial charge in [0.15, 0.2) is 0 Å². The molecule has 0 radical (unpaired) electrons. The van der Waals surface area contributed by atoms with Crippen molar-refractivity contribution in [2.24, 2.45) is 5.16 Å². The van der Waals surface area contributed by atoms with E-state index in [4.69, 9.17) is 4.74 Å². The van der Waals surface area contributed by atoms with Crippen LogP contribution in [0.15, 0.2) is 23.4 Å². The summed E-state index contributed by atoms with van der Waals surface area (Å²) in [5.41, 5.74) is 2.96. The molecule has 0 spiro atoms. The fourth-order valence-corrected chi connectivity index (χ4v) is 1.88. The molecule has 4 nitrogen and oxygen atoms in total. The van der Waals surface area contributed by atoms with Crippen molar-refractivity contribution < 1.29 is 14.4 Å². The van der Waals surface area contributed by atoms with Crippen LogP contribution in [0.4, 0.5) is 0 Å². The number of rotatable bonds is 2. The first-order valence-corrected chi connectivity index (χ1v) is 5.13. The number of nitrogens with zero attached hydrogens (tertiary/aromatic N) is 1. The standard InChI is InChI=1S/C12H13NO3/c1-8(14)16-13-11-7-6-10-9(11)4-3-5-12(10)15-2/h3-5H,6-7H2,1-2H3. The summed E-state index contributed by atoms with van der Waals surface area (Å²) < 4.78 is 5.27. The smallest absolute Gasteiger partial charge is 0.331 e. The summed E-state index contributed by atoms with van der Waals surface area (Å²) in [6.45, 7) is 1.34. The van der Waals surface area contributed by atoms with Crippen LogP contribution in [0.1, 0.15) is 24.5 Å². The van der Waals surface area contributed by atoms with Crippen LogP contribution < -0.4 is 4.74 Å². The van der Waals surface area contributed by atoms with Crippen molar-refractivity contribution in [1.29, 1.82) is 0 Å². The number of fused-ring (bicyclic) bond motifs is 1. The van der Waals surface area contributed by atoms with Crippen LogP contribution in [0.25, 0.3) is 0 Å². The van der Waals surface area contributed by atoms with E-state index in [1.54, 1.807) is 7.11 Å². The first-order chi connectivity index (χ1) is 7.72. The van der Waals surface area contributed by atoms with Crippen molar-refractivity contribution in [3.63, 3.8) is 0 Å². The van der Waals surface area contributed by atoms with Crippen molar-refractivity contribution in [3.05, 3.63) is 29.3 Å². The lowest BCUT2D eigenvalue weighted by atomic mass is 10.1. The van der Waals surface area contributed by atoms with Crippen LogP contribution in [0.5, 0.6) is 5.75 Å². The van der Waals surface area contributed by atoms with Gasteiger partial charge in [0, 0.05) is 18.1 Å². The lowest BCUT2D eigenvalue weighted by molar-refractivity contribution is -0.140. The van der Waals surface area contributed by atoms with Gasteiger partial charge in [0.25, 0.3) is 0 Å². The molecule has 0 aliphatic heterocycles. The van der Waals surface area contributed by atoms with E-state index in [2.05, 4.69) is 9.99 Å². The van der Waals surface area contributed by atoms with Gasteiger partial charge in [0.05, 0.1) is 12.8 Å². The second-order valence-electron chi connectivity index (χ2n) is 3.61. The van der Waals surface area contributed by atoms with Gasteiger partial charge in [0.2, 0.25) is 0 Å². The van der Waals surface area contributed by atoms with Gasteiger partial charge in [-0.3, -0.25) is 0 Å². The van der Waals surface area contributed by atoms with E-state index in [-0.39, 0.29) is 0 Å². The molecular formula is C12H13NO3. The Balaban J connectivity index is 2.33. The molecule has 0 saturated heterocycles. The summed E-state index contributed by atoms with van der Waals surface area (Å²) >= 11 is 0. The molecule has 0 fully saturated rings. The highest BCUT2D eigenvalue weighted by atomic mass is 16.7. The predicted octanol–water partition coefficient (Wildman–Crippen LogP) is 1.91. The lowest BCUT2D eigenvalue weighted by Crippen LogP contribution is -1.99. The maximum Gasteiger partial charge on any atom is 0.331 e. The predicted molar refractivity (Wildman–Crippen MR) is 59.6 cm³/mol. The highest BCUT2D eigenvalue weighted by molar-refractivity contribution is 6.05. The van der Waals surface area contributed by atoms with E-state index >= 15 is 0 Å². The number of benzene rings is 1. The van der Waals surface area contributed by atoms with E-state index in [0.29, 0.717) is 0 Å². The normalized spacial score (nSPS) is 16.0. The Hall–Kier alpha value is -1.84. The van der Waals surface area contributed by atoms with Crippen molar-refractivity contribution >= 4 is 11.7 Å². The first kappa shape index (κ1) is 10.7. The molecule has 84 valence electrons. The highest BCUT2D eigenvalue weighted by Crippen LogP contribution is 2.30. The summed E-state index contributed by atoms with van der Waals surface area (Å²) in [4.78, 5) is 15.3. The van der Waals surface area contributed by atoms with Crippen LogP contribution in [-0.2, 0) is 16.1 Å². The van der Waals surface area contributed by atoms with E-state index < -0.39 is 5.97 Å². The zero-order valence-corrected chi connectivity index (χ0v) is 9.32. The van der Waals surface area contributed by atoms with Gasteiger partial charge >= 0.3 is 5.97 Å². The van der Waals surface area contributed by atoms with Gasteiger partial charge in [-0.15, -0.1) is 0 Å². The Labute approximate surface area is 93.9 Å².